The number of halogens is 1. The van der Waals surface area contributed by atoms with Crippen LogP contribution in [-0.2, 0) is 6.54 Å². The molecule has 0 radical (unpaired) electrons. The number of hydrogen-bond donors (Lipinski definition) is 1. The van der Waals surface area contributed by atoms with Gasteiger partial charge in [0.2, 0.25) is 0 Å². The van der Waals surface area contributed by atoms with Crippen LogP contribution in [0.1, 0.15) is 12.7 Å². The maximum Gasteiger partial charge on any atom is 0.169 e. The van der Waals surface area contributed by atoms with Gasteiger partial charge in [0.1, 0.15) is 5.76 Å². The van der Waals surface area contributed by atoms with Crippen molar-refractivity contribution >= 4 is 15.9 Å². The van der Waals surface area contributed by atoms with Crippen LogP contribution >= 0.6 is 15.9 Å². The third-order valence-electron chi connectivity index (χ3n) is 1.87. The van der Waals surface area contributed by atoms with Crippen molar-refractivity contribution < 1.29 is 9.52 Å². The van der Waals surface area contributed by atoms with Crippen LogP contribution in [0.25, 0.3) is 0 Å². The normalized spacial score (nSPS) is 11.1. The van der Waals surface area contributed by atoms with Crippen LogP contribution in [0.4, 0.5) is 0 Å². The Kier molecular flexibility index (Phi) is 4.48. The van der Waals surface area contributed by atoms with Crippen molar-refractivity contribution in [3.05, 3.63) is 22.6 Å². The summed E-state index contributed by atoms with van der Waals surface area (Å²) in [6.07, 6.45) is 0. The number of furan rings is 1. The second-order valence-electron chi connectivity index (χ2n) is 2.80. The summed E-state index contributed by atoms with van der Waals surface area (Å²) >= 11 is 3.25. The quantitative estimate of drug-likeness (QED) is 0.864. The maximum absolute atomic E-state index is 8.77. The highest BCUT2D eigenvalue weighted by Gasteiger charge is 2.05. The van der Waals surface area contributed by atoms with Crippen LogP contribution in [0, 0.1) is 0 Å². The molecule has 0 aromatic carbocycles. The van der Waals surface area contributed by atoms with Gasteiger partial charge in [0.15, 0.2) is 4.67 Å². The van der Waals surface area contributed by atoms with Crippen LogP contribution in [-0.4, -0.2) is 29.7 Å². The smallest absolute Gasteiger partial charge is 0.169 e. The molecular formula is C9H14BrNO2. The lowest BCUT2D eigenvalue weighted by Gasteiger charge is -2.16. The van der Waals surface area contributed by atoms with Crippen LogP contribution < -0.4 is 0 Å². The Hall–Kier alpha value is -0.320. The standard InChI is InChI=1S/C9H14BrNO2/c1-2-11(5-6-12)7-8-3-4-9(10)13-8/h3-4,12H,2,5-7H2,1H3. The van der Waals surface area contributed by atoms with Crippen molar-refractivity contribution in [3.8, 4) is 0 Å². The van der Waals surface area contributed by atoms with Gasteiger partial charge in [-0.15, -0.1) is 0 Å². The van der Waals surface area contributed by atoms with Crippen molar-refractivity contribution in [2.24, 2.45) is 0 Å². The monoisotopic (exact) mass is 247 g/mol. The van der Waals surface area contributed by atoms with Gasteiger partial charge >= 0.3 is 0 Å². The molecular weight excluding hydrogens is 234 g/mol. The van der Waals surface area contributed by atoms with Gasteiger partial charge in [-0.05, 0) is 34.6 Å². The molecule has 0 fully saturated rings. The van der Waals surface area contributed by atoms with E-state index in [0.29, 0.717) is 6.54 Å². The minimum absolute atomic E-state index is 0.190. The van der Waals surface area contributed by atoms with Gasteiger partial charge < -0.3 is 9.52 Å². The number of rotatable bonds is 5. The zero-order valence-electron chi connectivity index (χ0n) is 7.66. The van der Waals surface area contributed by atoms with E-state index >= 15 is 0 Å². The lowest BCUT2D eigenvalue weighted by atomic mass is 10.4. The van der Waals surface area contributed by atoms with E-state index in [4.69, 9.17) is 9.52 Å². The molecule has 0 bridgehead atoms. The van der Waals surface area contributed by atoms with E-state index in [0.717, 1.165) is 23.5 Å². The van der Waals surface area contributed by atoms with E-state index in [1.165, 1.54) is 0 Å². The van der Waals surface area contributed by atoms with E-state index in [1.807, 2.05) is 12.1 Å². The highest BCUT2D eigenvalue weighted by molar-refractivity contribution is 9.10. The van der Waals surface area contributed by atoms with Crippen LogP contribution in [0.5, 0.6) is 0 Å². The molecule has 4 heteroatoms. The molecule has 1 heterocycles. The summed E-state index contributed by atoms with van der Waals surface area (Å²) in [6, 6.07) is 3.81. The van der Waals surface area contributed by atoms with E-state index in [1.54, 1.807) is 0 Å². The second-order valence-corrected chi connectivity index (χ2v) is 3.58. The molecule has 0 aliphatic carbocycles. The predicted octanol–water partition coefficient (Wildman–Crippen LogP) is 1.86. The molecule has 0 aliphatic heterocycles. The molecule has 0 spiro atoms. The van der Waals surface area contributed by atoms with Gasteiger partial charge in [-0.2, -0.15) is 0 Å². The van der Waals surface area contributed by atoms with Crippen molar-refractivity contribution in [1.82, 2.24) is 4.90 Å². The number of hydrogen-bond acceptors (Lipinski definition) is 3. The molecule has 0 unspecified atom stereocenters. The summed E-state index contributed by atoms with van der Waals surface area (Å²) in [5.74, 6) is 0.919. The Labute approximate surface area is 86.5 Å². The first-order chi connectivity index (χ1) is 6.26. The SMILES string of the molecule is CCN(CCO)Cc1ccc(Br)o1. The average Bonchev–Trinajstić information content (AvgIpc) is 2.50. The van der Waals surface area contributed by atoms with Gasteiger partial charge in [0.05, 0.1) is 13.2 Å². The lowest BCUT2D eigenvalue weighted by Crippen LogP contribution is -2.25. The molecule has 0 aliphatic rings. The topological polar surface area (TPSA) is 36.6 Å². The Balaban J connectivity index is 2.46. The molecule has 0 amide bonds. The summed E-state index contributed by atoms with van der Waals surface area (Å²) in [4.78, 5) is 2.12. The summed E-state index contributed by atoms with van der Waals surface area (Å²) in [7, 11) is 0. The first-order valence-electron chi connectivity index (χ1n) is 4.33. The fraction of sp³-hybridized carbons (Fsp3) is 0.556. The number of likely N-dealkylation sites (N-methyl/N-ethyl adjacent to an activating group) is 1. The molecule has 74 valence electrons. The van der Waals surface area contributed by atoms with Gasteiger partial charge in [0, 0.05) is 6.54 Å². The highest BCUT2D eigenvalue weighted by atomic mass is 79.9. The predicted molar refractivity (Wildman–Crippen MR) is 54.4 cm³/mol. The largest absolute Gasteiger partial charge is 0.453 e. The zero-order chi connectivity index (χ0) is 9.68. The van der Waals surface area contributed by atoms with Crippen molar-refractivity contribution in [1.29, 1.82) is 0 Å². The van der Waals surface area contributed by atoms with E-state index in [9.17, 15) is 0 Å². The minimum atomic E-state index is 0.190. The molecule has 0 saturated heterocycles. The van der Waals surface area contributed by atoms with Crippen LogP contribution in [0.15, 0.2) is 21.2 Å². The summed E-state index contributed by atoms with van der Waals surface area (Å²) in [5.41, 5.74) is 0. The fourth-order valence-corrected chi connectivity index (χ4v) is 1.49. The Morgan fingerprint density at radius 3 is 2.77 bits per heavy atom. The van der Waals surface area contributed by atoms with Crippen LogP contribution in [0.3, 0.4) is 0 Å². The maximum atomic E-state index is 8.77. The van der Waals surface area contributed by atoms with Crippen molar-refractivity contribution in [2.75, 3.05) is 19.7 Å². The first-order valence-corrected chi connectivity index (χ1v) is 5.13. The van der Waals surface area contributed by atoms with E-state index < -0.39 is 0 Å². The third-order valence-corrected chi connectivity index (χ3v) is 2.30. The number of nitrogens with zero attached hydrogens (tertiary/aromatic N) is 1. The fourth-order valence-electron chi connectivity index (χ4n) is 1.15. The molecule has 1 aromatic rings. The Morgan fingerprint density at radius 2 is 2.31 bits per heavy atom. The van der Waals surface area contributed by atoms with Gasteiger partial charge in [0.25, 0.3) is 0 Å². The second kappa shape index (κ2) is 5.42. The molecule has 1 aromatic heterocycles. The Bertz CT molecular complexity index is 250. The van der Waals surface area contributed by atoms with Gasteiger partial charge in [-0.1, -0.05) is 6.92 Å². The summed E-state index contributed by atoms with van der Waals surface area (Å²) in [5, 5.41) is 8.77. The Morgan fingerprint density at radius 1 is 1.54 bits per heavy atom. The molecule has 0 atom stereocenters. The first kappa shape index (κ1) is 10.8. The number of aliphatic hydroxyl groups is 1. The summed E-state index contributed by atoms with van der Waals surface area (Å²) in [6.45, 7) is 4.61. The third kappa shape index (κ3) is 3.50. The molecule has 0 saturated carbocycles. The van der Waals surface area contributed by atoms with E-state index in [2.05, 4.69) is 27.8 Å². The summed E-state index contributed by atoms with van der Waals surface area (Å²) < 4.78 is 6.11. The highest BCUT2D eigenvalue weighted by Crippen LogP contribution is 2.15. The van der Waals surface area contributed by atoms with Gasteiger partial charge in [-0.3, -0.25) is 4.90 Å². The lowest BCUT2D eigenvalue weighted by molar-refractivity contribution is 0.187. The minimum Gasteiger partial charge on any atom is -0.453 e. The van der Waals surface area contributed by atoms with Gasteiger partial charge in [-0.25, -0.2) is 0 Å². The van der Waals surface area contributed by atoms with Crippen LogP contribution in [0.2, 0.25) is 0 Å². The zero-order valence-corrected chi connectivity index (χ0v) is 9.25. The molecule has 13 heavy (non-hydrogen) atoms. The molecule has 1 rings (SSSR count). The molecule has 1 N–H and O–H groups in total. The molecule has 3 nitrogen and oxygen atoms in total. The van der Waals surface area contributed by atoms with E-state index in [-0.39, 0.29) is 6.61 Å². The number of aliphatic hydroxyl groups excluding tert-OH is 1. The van der Waals surface area contributed by atoms with Crippen molar-refractivity contribution in [2.45, 2.75) is 13.5 Å². The van der Waals surface area contributed by atoms with Crippen molar-refractivity contribution in [3.63, 3.8) is 0 Å². The average molecular weight is 248 g/mol.